The van der Waals surface area contributed by atoms with Crippen LogP contribution < -0.4 is 0 Å². The van der Waals surface area contributed by atoms with Crippen LogP contribution in [0.5, 0.6) is 0 Å². The van der Waals surface area contributed by atoms with Crippen LogP contribution in [0.4, 0.5) is 30.7 Å². The van der Waals surface area contributed by atoms with Crippen LogP contribution in [0.25, 0.3) is 0 Å². The molecule has 1 atom stereocenters. The lowest BCUT2D eigenvalue weighted by Crippen LogP contribution is -2.50. The van der Waals surface area contributed by atoms with Crippen LogP contribution in [0.3, 0.4) is 0 Å². The van der Waals surface area contributed by atoms with E-state index >= 15 is 0 Å². The Morgan fingerprint density at radius 2 is 1.29 bits per heavy atom. The molecule has 0 aliphatic heterocycles. The normalized spacial score (nSPS) is 16.9. The zero-order chi connectivity index (χ0) is 11.8. The zero-order valence-electron chi connectivity index (χ0n) is 6.19. The van der Waals surface area contributed by atoms with Gasteiger partial charge in [0.05, 0.1) is 0 Å². The third-order valence-corrected chi connectivity index (χ3v) is 1.93. The molecule has 0 radical (unpaired) electrons. The van der Waals surface area contributed by atoms with Gasteiger partial charge in [-0.25, -0.2) is 0 Å². The van der Waals surface area contributed by atoms with Gasteiger partial charge < -0.3 is 0 Å². The Balaban J connectivity index is 5.04. The Labute approximate surface area is 84.0 Å². The van der Waals surface area contributed by atoms with Gasteiger partial charge in [-0.05, 0) is 11.6 Å². The first-order chi connectivity index (χ1) is 5.94. The van der Waals surface area contributed by atoms with Crippen LogP contribution in [0.15, 0.2) is 0 Å². The van der Waals surface area contributed by atoms with E-state index in [-0.39, 0.29) is 0 Å². The Morgan fingerprint density at radius 1 is 0.929 bits per heavy atom. The summed E-state index contributed by atoms with van der Waals surface area (Å²) >= 11 is 8.41. The van der Waals surface area contributed by atoms with Gasteiger partial charge >= 0.3 is 17.5 Å². The topological polar surface area (TPSA) is 0 Å². The fourth-order valence-electron chi connectivity index (χ4n) is 0.587. The second kappa shape index (κ2) is 3.92. The highest BCUT2D eigenvalue weighted by molar-refractivity contribution is 6.22. The van der Waals surface area contributed by atoms with Gasteiger partial charge in [0.2, 0.25) is 0 Å². The van der Waals surface area contributed by atoms with E-state index in [1.807, 2.05) is 0 Å². The van der Waals surface area contributed by atoms with Crippen LogP contribution in [0.1, 0.15) is 0 Å². The Morgan fingerprint density at radius 3 is 1.36 bits per heavy atom. The number of hydrogen-bond donors (Lipinski definition) is 0. The molecule has 0 aromatic carbocycles. The highest BCUT2D eigenvalue weighted by Crippen LogP contribution is 2.49. The summed E-state index contributed by atoms with van der Waals surface area (Å²) in [5.41, 5.74) is 0. The monoisotopic (exact) mass is 266 g/mol. The average Bonchev–Trinajstić information content (AvgIpc) is 1.80. The molecule has 1 unspecified atom stereocenters. The molecular weight excluding hydrogens is 264 g/mol. The van der Waals surface area contributed by atoms with E-state index in [1.54, 1.807) is 0 Å². The van der Waals surface area contributed by atoms with Crippen LogP contribution in [0.2, 0.25) is 0 Å². The molecule has 0 aromatic rings. The van der Waals surface area contributed by atoms with Gasteiger partial charge in [0.25, 0.3) is 0 Å². The first kappa shape index (κ1) is 14.1. The summed E-state index contributed by atoms with van der Waals surface area (Å²) < 4.78 is 84.0. The van der Waals surface area contributed by atoms with Crippen LogP contribution >= 0.6 is 23.2 Å². The maximum absolute atomic E-state index is 12.4. The fourth-order valence-corrected chi connectivity index (χ4v) is 1.09. The van der Waals surface area contributed by atoms with Crippen molar-refractivity contribution in [3.63, 3.8) is 0 Å². The molecule has 0 aliphatic rings. The molecule has 0 bridgehead atoms. The lowest BCUT2D eigenvalue weighted by molar-refractivity contribution is -0.276. The minimum atomic E-state index is -5.54. The molecule has 0 aliphatic carbocycles. The second-order valence-electron chi connectivity index (χ2n) is 2.37. The Kier molecular flexibility index (Phi) is 3.95. The van der Waals surface area contributed by atoms with Crippen molar-refractivity contribution in [2.24, 2.45) is 5.92 Å². The van der Waals surface area contributed by atoms with Gasteiger partial charge in [0.1, 0.15) is 5.92 Å². The van der Waals surface area contributed by atoms with Crippen LogP contribution in [-0.4, -0.2) is 23.4 Å². The molecule has 0 saturated heterocycles. The van der Waals surface area contributed by atoms with Crippen molar-refractivity contribution in [2.45, 2.75) is 17.5 Å². The molecule has 0 aromatic heterocycles. The molecule has 0 N–H and O–H groups in total. The maximum Gasteiger partial charge on any atom is 0.399 e. The SMILES string of the molecule is FC(F)(F)C(CCl)C(F)(F)C(F)(F)Cl. The molecule has 9 heteroatoms. The molecule has 0 fully saturated rings. The molecule has 0 amide bonds. The predicted octanol–water partition coefficient (Wildman–Crippen LogP) is 3.87. The standard InChI is InChI=1S/C5H3Cl2F7/c6-1-2(4(10,11)12)3(8,9)5(7,13)14/h2H,1H2. The highest BCUT2D eigenvalue weighted by Gasteiger charge is 2.67. The fraction of sp³-hybridized carbons (Fsp3) is 1.00. The number of alkyl halides is 9. The minimum absolute atomic E-state index is 1.70. The van der Waals surface area contributed by atoms with E-state index in [1.165, 1.54) is 0 Å². The van der Waals surface area contributed by atoms with Crippen molar-refractivity contribution in [3.8, 4) is 0 Å². The molecule has 0 nitrogen and oxygen atoms in total. The number of rotatable bonds is 3. The molecule has 0 rings (SSSR count). The quantitative estimate of drug-likeness (QED) is 0.537. The maximum atomic E-state index is 12.4. The smallest absolute Gasteiger partial charge is 0.198 e. The van der Waals surface area contributed by atoms with E-state index in [0.717, 1.165) is 0 Å². The zero-order valence-corrected chi connectivity index (χ0v) is 7.70. The second-order valence-corrected chi connectivity index (χ2v) is 3.15. The van der Waals surface area contributed by atoms with Crippen molar-refractivity contribution >= 4 is 23.2 Å². The molecule has 0 heterocycles. The Hall–Kier alpha value is 0.0900. The first-order valence-corrected chi connectivity index (χ1v) is 3.93. The van der Waals surface area contributed by atoms with Gasteiger partial charge in [-0.3, -0.25) is 0 Å². The lowest BCUT2D eigenvalue weighted by Gasteiger charge is -2.29. The van der Waals surface area contributed by atoms with E-state index in [4.69, 9.17) is 0 Å². The van der Waals surface area contributed by atoms with Crippen molar-refractivity contribution < 1.29 is 30.7 Å². The molecule has 0 saturated carbocycles. The summed E-state index contributed by atoms with van der Waals surface area (Å²) in [6.07, 6.45) is -5.54. The van der Waals surface area contributed by atoms with Gasteiger partial charge in [-0.2, -0.15) is 30.7 Å². The highest BCUT2D eigenvalue weighted by atomic mass is 35.5. The van der Waals surface area contributed by atoms with Crippen molar-refractivity contribution in [1.82, 2.24) is 0 Å². The van der Waals surface area contributed by atoms with Gasteiger partial charge in [0, 0.05) is 5.88 Å². The van der Waals surface area contributed by atoms with Crippen molar-refractivity contribution in [2.75, 3.05) is 5.88 Å². The van der Waals surface area contributed by atoms with E-state index in [9.17, 15) is 30.7 Å². The third-order valence-electron chi connectivity index (χ3n) is 1.37. The summed E-state index contributed by atoms with van der Waals surface area (Å²) in [5, 5.41) is -5.29. The van der Waals surface area contributed by atoms with Crippen molar-refractivity contribution in [3.05, 3.63) is 0 Å². The van der Waals surface area contributed by atoms with Gasteiger partial charge in [-0.1, -0.05) is 0 Å². The average molecular weight is 267 g/mol. The molecular formula is C5H3Cl2F7. The van der Waals surface area contributed by atoms with E-state index in [0.29, 0.717) is 0 Å². The van der Waals surface area contributed by atoms with E-state index in [2.05, 4.69) is 23.2 Å². The van der Waals surface area contributed by atoms with Crippen molar-refractivity contribution in [1.29, 1.82) is 0 Å². The molecule has 14 heavy (non-hydrogen) atoms. The minimum Gasteiger partial charge on any atom is -0.198 e. The van der Waals surface area contributed by atoms with E-state index < -0.39 is 29.3 Å². The number of halogens is 9. The Bertz CT molecular complexity index is 193. The summed E-state index contributed by atoms with van der Waals surface area (Å²) in [6, 6.07) is 0. The molecule has 0 spiro atoms. The van der Waals surface area contributed by atoms with Crippen LogP contribution in [0, 0.1) is 5.92 Å². The summed E-state index contributed by atoms with van der Waals surface area (Å²) in [7, 11) is 0. The summed E-state index contributed by atoms with van der Waals surface area (Å²) in [5.74, 6) is -10.8. The molecule has 86 valence electrons. The largest absolute Gasteiger partial charge is 0.399 e. The van der Waals surface area contributed by atoms with Crippen LogP contribution in [-0.2, 0) is 0 Å². The third kappa shape index (κ3) is 2.79. The number of hydrogen-bond acceptors (Lipinski definition) is 0. The predicted molar refractivity (Wildman–Crippen MR) is 36.0 cm³/mol. The van der Waals surface area contributed by atoms with Gasteiger partial charge in [0.15, 0.2) is 0 Å². The summed E-state index contributed by atoms with van der Waals surface area (Å²) in [6.45, 7) is 0. The summed E-state index contributed by atoms with van der Waals surface area (Å²) in [4.78, 5) is 0. The van der Waals surface area contributed by atoms with Gasteiger partial charge in [-0.15, -0.1) is 11.6 Å². The lowest BCUT2D eigenvalue weighted by atomic mass is 10.0. The first-order valence-electron chi connectivity index (χ1n) is 3.01.